The van der Waals surface area contributed by atoms with Crippen molar-refractivity contribution in [3.05, 3.63) is 54.5 Å². The maximum Gasteiger partial charge on any atom is 0.261 e. The molecule has 0 fully saturated rings. The average molecular weight is 294 g/mol. The zero-order valence-corrected chi connectivity index (χ0v) is 12.7. The van der Waals surface area contributed by atoms with Gasteiger partial charge in [0, 0.05) is 30.0 Å². The maximum atomic E-state index is 13.0. The largest absolute Gasteiger partial charge is 0.323 e. The molecule has 1 aliphatic rings. The number of anilines is 1. The Balaban J connectivity index is 1.77. The van der Waals surface area contributed by atoms with Crippen LogP contribution >= 0.6 is 0 Å². The molecule has 2 atom stereocenters. The van der Waals surface area contributed by atoms with Crippen LogP contribution in [0.4, 0.5) is 5.82 Å². The minimum Gasteiger partial charge on any atom is -0.323 e. The van der Waals surface area contributed by atoms with Crippen LogP contribution in [0.25, 0.3) is 5.52 Å². The van der Waals surface area contributed by atoms with Gasteiger partial charge in [-0.2, -0.15) is 5.10 Å². The molecular formula is C17H18N4O. The number of rotatable bonds is 1. The number of hydrogen-bond donors (Lipinski definition) is 0. The number of fused-ring (bicyclic) bond motifs is 2. The lowest BCUT2D eigenvalue weighted by Gasteiger charge is -2.36. The number of pyridine rings is 1. The minimum atomic E-state index is 0.0323. The summed E-state index contributed by atoms with van der Waals surface area (Å²) in [5.74, 6) is 0.913. The van der Waals surface area contributed by atoms with Crippen LogP contribution < -0.4 is 4.90 Å². The fourth-order valence-corrected chi connectivity index (χ4v) is 3.38. The molecule has 1 aliphatic heterocycles. The van der Waals surface area contributed by atoms with Crippen LogP contribution in [0.2, 0.25) is 0 Å². The second kappa shape index (κ2) is 4.73. The molecule has 0 bridgehead atoms. The molecule has 5 nitrogen and oxygen atoms in total. The zero-order chi connectivity index (χ0) is 15.3. The van der Waals surface area contributed by atoms with Gasteiger partial charge in [0.2, 0.25) is 0 Å². The van der Waals surface area contributed by atoms with Crippen molar-refractivity contribution in [1.82, 2.24) is 14.2 Å². The molecule has 4 rings (SSSR count). The third kappa shape index (κ3) is 1.85. The van der Waals surface area contributed by atoms with E-state index in [1.807, 2.05) is 56.7 Å². The Kier molecular flexibility index (Phi) is 2.82. The van der Waals surface area contributed by atoms with Crippen molar-refractivity contribution >= 4 is 17.2 Å². The van der Waals surface area contributed by atoms with Gasteiger partial charge in [-0.1, -0.05) is 6.07 Å². The molecule has 0 unspecified atom stereocenters. The molecule has 3 aromatic heterocycles. The van der Waals surface area contributed by atoms with Gasteiger partial charge in [-0.05, 0) is 38.5 Å². The zero-order valence-electron chi connectivity index (χ0n) is 12.7. The molecule has 0 saturated carbocycles. The summed E-state index contributed by atoms with van der Waals surface area (Å²) in [4.78, 5) is 14.9. The Morgan fingerprint density at radius 2 is 2.09 bits per heavy atom. The number of aromatic nitrogens is 3. The van der Waals surface area contributed by atoms with Crippen LogP contribution in [-0.2, 0) is 0 Å². The first-order valence-electron chi connectivity index (χ1n) is 7.59. The summed E-state index contributed by atoms with van der Waals surface area (Å²) in [7, 11) is 0. The summed E-state index contributed by atoms with van der Waals surface area (Å²) in [6.07, 6.45) is 6.52. The smallest absolute Gasteiger partial charge is 0.261 e. The van der Waals surface area contributed by atoms with Crippen LogP contribution in [0.5, 0.6) is 0 Å². The van der Waals surface area contributed by atoms with E-state index in [9.17, 15) is 4.79 Å². The van der Waals surface area contributed by atoms with Crippen LogP contribution in [0.15, 0.2) is 48.9 Å². The molecule has 0 N–H and O–H groups in total. The fourth-order valence-electron chi connectivity index (χ4n) is 3.38. The second-order valence-electron chi connectivity index (χ2n) is 6.00. The molecule has 4 heterocycles. The Morgan fingerprint density at radius 1 is 1.23 bits per heavy atom. The van der Waals surface area contributed by atoms with Gasteiger partial charge in [0.1, 0.15) is 5.82 Å². The van der Waals surface area contributed by atoms with Crippen molar-refractivity contribution in [3.63, 3.8) is 0 Å². The van der Waals surface area contributed by atoms with E-state index in [2.05, 4.69) is 18.9 Å². The molecule has 0 radical (unpaired) electrons. The van der Waals surface area contributed by atoms with Gasteiger partial charge in [0.25, 0.3) is 5.91 Å². The molecular weight excluding hydrogens is 276 g/mol. The summed E-state index contributed by atoms with van der Waals surface area (Å²) in [5.41, 5.74) is 1.73. The van der Waals surface area contributed by atoms with E-state index in [0.717, 1.165) is 17.8 Å². The van der Waals surface area contributed by atoms with Crippen molar-refractivity contribution in [3.8, 4) is 0 Å². The highest BCUT2D eigenvalue weighted by Crippen LogP contribution is 2.32. The molecule has 0 aromatic carbocycles. The van der Waals surface area contributed by atoms with Gasteiger partial charge in [0.15, 0.2) is 0 Å². The molecule has 0 saturated heterocycles. The molecule has 0 spiro atoms. The lowest BCUT2D eigenvalue weighted by Crippen LogP contribution is -2.44. The standard InChI is InChI=1S/C17H18N4O/c1-12-9-13(2)21-16(6-7-18-21)20(12)17(22)14-10-15-5-3-4-8-19(15)11-14/h3-8,10-13H,9H2,1-2H3/t12-,13+/m1/s1. The van der Waals surface area contributed by atoms with Crippen molar-refractivity contribution in [2.24, 2.45) is 0 Å². The fraction of sp³-hybridized carbons (Fsp3) is 0.294. The van der Waals surface area contributed by atoms with Gasteiger partial charge < -0.3 is 4.40 Å². The molecule has 1 amide bonds. The summed E-state index contributed by atoms with van der Waals surface area (Å²) in [5, 5.41) is 4.36. The van der Waals surface area contributed by atoms with E-state index < -0.39 is 0 Å². The molecule has 112 valence electrons. The molecule has 5 heteroatoms. The van der Waals surface area contributed by atoms with Crippen LogP contribution in [0.1, 0.15) is 36.7 Å². The average Bonchev–Trinajstić information content (AvgIpc) is 3.13. The predicted octanol–water partition coefficient (Wildman–Crippen LogP) is 3.14. The van der Waals surface area contributed by atoms with E-state index in [0.29, 0.717) is 11.6 Å². The Morgan fingerprint density at radius 3 is 2.91 bits per heavy atom. The number of carbonyl (C=O) groups excluding carboxylic acids is 1. The van der Waals surface area contributed by atoms with E-state index in [1.54, 1.807) is 6.20 Å². The third-order valence-electron chi connectivity index (χ3n) is 4.41. The SMILES string of the molecule is C[C@@H]1C[C@H](C)n2nccc2N1C(=O)c1cc2ccccn2c1. The normalized spacial score (nSPS) is 21.1. The topological polar surface area (TPSA) is 42.5 Å². The first-order valence-corrected chi connectivity index (χ1v) is 7.59. The van der Waals surface area contributed by atoms with Crippen LogP contribution in [0.3, 0.4) is 0 Å². The highest BCUT2D eigenvalue weighted by molar-refractivity contribution is 6.07. The van der Waals surface area contributed by atoms with Gasteiger partial charge in [0.05, 0.1) is 17.8 Å². The van der Waals surface area contributed by atoms with Crippen molar-refractivity contribution in [1.29, 1.82) is 0 Å². The highest BCUT2D eigenvalue weighted by atomic mass is 16.2. The lowest BCUT2D eigenvalue weighted by molar-refractivity contribution is 0.0967. The Hall–Kier alpha value is -2.56. The number of hydrogen-bond acceptors (Lipinski definition) is 2. The number of amides is 1. The highest BCUT2D eigenvalue weighted by Gasteiger charge is 2.33. The van der Waals surface area contributed by atoms with E-state index in [1.165, 1.54) is 0 Å². The first-order chi connectivity index (χ1) is 10.6. The first kappa shape index (κ1) is 13.1. The van der Waals surface area contributed by atoms with Crippen molar-refractivity contribution in [2.45, 2.75) is 32.4 Å². The predicted molar refractivity (Wildman–Crippen MR) is 85.2 cm³/mol. The lowest BCUT2D eigenvalue weighted by atomic mass is 10.0. The van der Waals surface area contributed by atoms with Gasteiger partial charge in [-0.15, -0.1) is 0 Å². The van der Waals surface area contributed by atoms with Crippen molar-refractivity contribution in [2.75, 3.05) is 4.90 Å². The molecule has 22 heavy (non-hydrogen) atoms. The second-order valence-corrected chi connectivity index (χ2v) is 6.00. The Bertz CT molecular complexity index is 814. The number of carbonyl (C=O) groups is 1. The van der Waals surface area contributed by atoms with Crippen molar-refractivity contribution < 1.29 is 4.79 Å². The summed E-state index contributed by atoms with van der Waals surface area (Å²) < 4.78 is 3.91. The van der Waals surface area contributed by atoms with Crippen LogP contribution in [-0.4, -0.2) is 26.1 Å². The van der Waals surface area contributed by atoms with Gasteiger partial charge in [-0.25, -0.2) is 4.68 Å². The monoisotopic (exact) mass is 294 g/mol. The Labute approximate surface area is 128 Å². The molecule has 3 aromatic rings. The van der Waals surface area contributed by atoms with E-state index >= 15 is 0 Å². The molecule has 0 aliphatic carbocycles. The third-order valence-corrected chi connectivity index (χ3v) is 4.41. The van der Waals surface area contributed by atoms with E-state index in [4.69, 9.17) is 0 Å². The van der Waals surface area contributed by atoms with Gasteiger partial charge >= 0.3 is 0 Å². The summed E-state index contributed by atoms with van der Waals surface area (Å²) in [6, 6.07) is 10.3. The van der Waals surface area contributed by atoms with E-state index in [-0.39, 0.29) is 11.9 Å². The summed E-state index contributed by atoms with van der Waals surface area (Å²) in [6.45, 7) is 4.24. The maximum absolute atomic E-state index is 13.0. The quantitative estimate of drug-likeness (QED) is 0.692. The van der Waals surface area contributed by atoms with Crippen LogP contribution in [0, 0.1) is 0 Å². The minimum absolute atomic E-state index is 0.0323. The summed E-state index contributed by atoms with van der Waals surface area (Å²) >= 11 is 0. The van der Waals surface area contributed by atoms with Gasteiger partial charge in [-0.3, -0.25) is 9.69 Å². The number of nitrogens with zero attached hydrogens (tertiary/aromatic N) is 4.